The first-order chi connectivity index (χ1) is 9.08. The van der Waals surface area contributed by atoms with Crippen LogP contribution in [0.2, 0.25) is 0 Å². The summed E-state index contributed by atoms with van der Waals surface area (Å²) in [6.45, 7) is 3.30. The molecule has 0 spiro atoms. The molecule has 0 radical (unpaired) electrons. The lowest BCUT2D eigenvalue weighted by Crippen LogP contribution is -2.55. The van der Waals surface area contributed by atoms with Gasteiger partial charge in [0.25, 0.3) is 0 Å². The highest BCUT2D eigenvalue weighted by Gasteiger charge is 2.29. The van der Waals surface area contributed by atoms with Crippen LogP contribution in [-0.4, -0.2) is 47.6 Å². The molecule has 1 N–H and O–H groups in total. The summed E-state index contributed by atoms with van der Waals surface area (Å²) in [4.78, 5) is 26.2. The molecule has 0 saturated carbocycles. The Hall–Kier alpha value is -2.04. The van der Waals surface area contributed by atoms with E-state index in [1.165, 1.54) is 6.92 Å². The number of anilines is 1. The van der Waals surface area contributed by atoms with Gasteiger partial charge in [-0.05, 0) is 12.1 Å². The number of carboxylic acid groups (broad SMARTS) is 1. The van der Waals surface area contributed by atoms with Crippen LogP contribution < -0.4 is 4.90 Å². The van der Waals surface area contributed by atoms with E-state index in [0.29, 0.717) is 19.6 Å². The van der Waals surface area contributed by atoms with E-state index in [2.05, 4.69) is 4.90 Å². The van der Waals surface area contributed by atoms with Crippen LogP contribution in [0.3, 0.4) is 0 Å². The van der Waals surface area contributed by atoms with Gasteiger partial charge >= 0.3 is 5.97 Å². The lowest BCUT2D eigenvalue weighted by atomic mass is 10.1. The zero-order valence-corrected chi connectivity index (χ0v) is 11.0. The van der Waals surface area contributed by atoms with E-state index in [4.69, 9.17) is 5.11 Å². The van der Waals surface area contributed by atoms with Crippen LogP contribution >= 0.6 is 0 Å². The van der Waals surface area contributed by atoms with Gasteiger partial charge in [0.2, 0.25) is 5.91 Å². The minimum atomic E-state index is -0.837. The largest absolute Gasteiger partial charge is 0.481 e. The average molecular weight is 262 g/mol. The van der Waals surface area contributed by atoms with Gasteiger partial charge in [0.1, 0.15) is 0 Å². The van der Waals surface area contributed by atoms with Crippen LogP contribution in [0, 0.1) is 0 Å². The number of amides is 1. The molecule has 1 amide bonds. The second kappa shape index (κ2) is 5.73. The second-order valence-corrected chi connectivity index (χ2v) is 4.75. The third-order valence-electron chi connectivity index (χ3n) is 3.43. The highest BCUT2D eigenvalue weighted by Crippen LogP contribution is 2.22. The van der Waals surface area contributed by atoms with Crippen molar-refractivity contribution in [2.24, 2.45) is 0 Å². The lowest BCUT2D eigenvalue weighted by molar-refractivity contribution is -0.138. The van der Waals surface area contributed by atoms with E-state index in [1.807, 2.05) is 30.3 Å². The predicted octanol–water partition coefficient (Wildman–Crippen LogP) is 1.20. The van der Waals surface area contributed by atoms with Gasteiger partial charge in [-0.25, -0.2) is 0 Å². The van der Waals surface area contributed by atoms with Crippen molar-refractivity contribution < 1.29 is 14.7 Å². The number of benzene rings is 1. The summed E-state index contributed by atoms with van der Waals surface area (Å²) in [6, 6.07) is 9.57. The molecule has 1 heterocycles. The molecule has 2 rings (SSSR count). The van der Waals surface area contributed by atoms with Crippen LogP contribution in [-0.2, 0) is 9.59 Å². The number of hydrogen-bond acceptors (Lipinski definition) is 3. The SMILES string of the molecule is CC(=O)N1CCN(c2ccccc2)[C@H](CC(=O)O)C1. The third kappa shape index (κ3) is 3.24. The van der Waals surface area contributed by atoms with Crippen molar-refractivity contribution in [2.75, 3.05) is 24.5 Å². The molecule has 0 aromatic heterocycles. The Kier molecular flexibility index (Phi) is 4.04. The van der Waals surface area contributed by atoms with Crippen molar-refractivity contribution >= 4 is 17.6 Å². The number of nitrogens with zero attached hydrogens (tertiary/aromatic N) is 2. The maximum atomic E-state index is 11.4. The van der Waals surface area contributed by atoms with E-state index in [9.17, 15) is 9.59 Å². The van der Waals surface area contributed by atoms with Crippen molar-refractivity contribution in [3.8, 4) is 0 Å². The van der Waals surface area contributed by atoms with Gasteiger partial charge in [0.15, 0.2) is 0 Å². The van der Waals surface area contributed by atoms with E-state index < -0.39 is 5.97 Å². The normalized spacial score (nSPS) is 19.3. The molecule has 1 fully saturated rings. The first-order valence-electron chi connectivity index (χ1n) is 6.37. The molecule has 5 nitrogen and oxygen atoms in total. The van der Waals surface area contributed by atoms with Crippen LogP contribution in [0.1, 0.15) is 13.3 Å². The number of aliphatic carboxylic acids is 1. The summed E-state index contributed by atoms with van der Waals surface area (Å²) in [5.41, 5.74) is 1.01. The highest BCUT2D eigenvalue weighted by atomic mass is 16.4. The summed E-state index contributed by atoms with van der Waals surface area (Å²) in [5, 5.41) is 9.03. The fourth-order valence-corrected chi connectivity index (χ4v) is 2.48. The second-order valence-electron chi connectivity index (χ2n) is 4.75. The van der Waals surface area contributed by atoms with Crippen LogP contribution in [0.4, 0.5) is 5.69 Å². The fourth-order valence-electron chi connectivity index (χ4n) is 2.48. The average Bonchev–Trinajstić information content (AvgIpc) is 2.39. The molecule has 19 heavy (non-hydrogen) atoms. The Balaban J connectivity index is 2.17. The van der Waals surface area contributed by atoms with Gasteiger partial charge in [-0.2, -0.15) is 0 Å². The summed E-state index contributed by atoms with van der Waals surface area (Å²) < 4.78 is 0. The first-order valence-corrected chi connectivity index (χ1v) is 6.37. The van der Waals surface area contributed by atoms with Gasteiger partial charge in [-0.3, -0.25) is 9.59 Å². The number of piperazine rings is 1. The zero-order valence-electron chi connectivity index (χ0n) is 11.0. The maximum absolute atomic E-state index is 11.4. The molecule has 1 aliphatic heterocycles. The van der Waals surface area contributed by atoms with Crippen molar-refractivity contribution in [3.05, 3.63) is 30.3 Å². The van der Waals surface area contributed by atoms with Crippen molar-refractivity contribution in [1.29, 1.82) is 0 Å². The van der Waals surface area contributed by atoms with Gasteiger partial charge in [-0.15, -0.1) is 0 Å². The summed E-state index contributed by atoms with van der Waals surface area (Å²) in [5.74, 6) is -0.834. The molecule has 0 unspecified atom stereocenters. The molecule has 0 bridgehead atoms. The van der Waals surface area contributed by atoms with Crippen LogP contribution in [0.5, 0.6) is 0 Å². The molecule has 1 aliphatic rings. The lowest BCUT2D eigenvalue weighted by Gasteiger charge is -2.42. The highest BCUT2D eigenvalue weighted by molar-refractivity contribution is 5.74. The Bertz CT molecular complexity index is 461. The molecule has 1 aromatic carbocycles. The van der Waals surface area contributed by atoms with E-state index in [0.717, 1.165) is 5.69 Å². The van der Waals surface area contributed by atoms with Crippen LogP contribution in [0.15, 0.2) is 30.3 Å². The fraction of sp³-hybridized carbons (Fsp3) is 0.429. The first kappa shape index (κ1) is 13.4. The van der Waals surface area contributed by atoms with Crippen LogP contribution in [0.25, 0.3) is 0 Å². The minimum Gasteiger partial charge on any atom is -0.481 e. The minimum absolute atomic E-state index is 0.00287. The number of carbonyl (C=O) groups is 2. The van der Waals surface area contributed by atoms with Gasteiger partial charge in [-0.1, -0.05) is 18.2 Å². The number of carbonyl (C=O) groups excluding carboxylic acids is 1. The molecule has 1 aromatic rings. The van der Waals surface area contributed by atoms with E-state index in [1.54, 1.807) is 4.90 Å². The Morgan fingerprint density at radius 2 is 1.95 bits per heavy atom. The summed E-state index contributed by atoms with van der Waals surface area (Å²) in [7, 11) is 0. The number of para-hydroxylation sites is 1. The van der Waals surface area contributed by atoms with Gasteiger partial charge < -0.3 is 14.9 Å². The maximum Gasteiger partial charge on any atom is 0.305 e. The Morgan fingerprint density at radius 3 is 2.53 bits per heavy atom. The van der Waals surface area contributed by atoms with E-state index >= 15 is 0 Å². The predicted molar refractivity (Wildman–Crippen MR) is 72.1 cm³/mol. The third-order valence-corrected chi connectivity index (χ3v) is 3.43. The summed E-state index contributed by atoms with van der Waals surface area (Å²) >= 11 is 0. The Morgan fingerprint density at radius 1 is 1.26 bits per heavy atom. The standard InChI is InChI=1S/C14H18N2O3/c1-11(17)15-7-8-16(12-5-3-2-4-6-12)13(10-15)9-14(18)19/h2-6,13H,7-10H2,1H3,(H,18,19)/t13-/m1/s1. The summed E-state index contributed by atoms with van der Waals surface area (Å²) in [6.07, 6.45) is 0.0404. The molecule has 102 valence electrons. The number of hydrogen-bond donors (Lipinski definition) is 1. The quantitative estimate of drug-likeness (QED) is 0.889. The monoisotopic (exact) mass is 262 g/mol. The van der Waals surface area contributed by atoms with Gasteiger partial charge in [0.05, 0.1) is 12.5 Å². The van der Waals surface area contributed by atoms with Crippen molar-refractivity contribution in [2.45, 2.75) is 19.4 Å². The molecule has 1 saturated heterocycles. The number of carboxylic acids is 1. The Labute approximate surface area is 112 Å². The van der Waals surface area contributed by atoms with Crippen molar-refractivity contribution in [3.63, 3.8) is 0 Å². The molecule has 0 aliphatic carbocycles. The molecule has 1 atom stereocenters. The van der Waals surface area contributed by atoms with E-state index in [-0.39, 0.29) is 18.4 Å². The topological polar surface area (TPSA) is 60.9 Å². The van der Waals surface area contributed by atoms with Gasteiger partial charge in [0, 0.05) is 32.2 Å². The molecule has 5 heteroatoms. The number of rotatable bonds is 3. The zero-order chi connectivity index (χ0) is 13.8. The van der Waals surface area contributed by atoms with Crippen molar-refractivity contribution in [1.82, 2.24) is 4.90 Å². The molecular weight excluding hydrogens is 244 g/mol. The smallest absolute Gasteiger partial charge is 0.305 e. The molecular formula is C14H18N2O3.